The van der Waals surface area contributed by atoms with Gasteiger partial charge in [-0.2, -0.15) is 4.37 Å². The summed E-state index contributed by atoms with van der Waals surface area (Å²) in [5, 5.41) is 0.991. The largest absolute Gasteiger partial charge is 0.346 e. The van der Waals surface area contributed by atoms with Gasteiger partial charge in [-0.15, -0.1) is 0 Å². The Morgan fingerprint density at radius 2 is 2.36 bits per heavy atom. The van der Waals surface area contributed by atoms with Crippen molar-refractivity contribution >= 4 is 16.7 Å². The minimum Gasteiger partial charge on any atom is -0.346 e. The van der Waals surface area contributed by atoms with Gasteiger partial charge in [0.1, 0.15) is 5.82 Å². The summed E-state index contributed by atoms with van der Waals surface area (Å²) in [4.78, 5) is 6.62. The maximum atomic E-state index is 5.60. The van der Waals surface area contributed by atoms with Crippen LogP contribution in [0.25, 0.3) is 0 Å². The van der Waals surface area contributed by atoms with E-state index in [1.165, 1.54) is 24.4 Å². The minimum atomic E-state index is 0.329. The standard InChI is InChI=1S/C9H16N4S/c1-6(5-10)13(2)9-11-8(12-14-9)7-3-4-7/h6-7H,3-5,10H2,1-2H3. The smallest absolute Gasteiger partial charge is 0.205 e. The van der Waals surface area contributed by atoms with Gasteiger partial charge >= 0.3 is 0 Å². The molecule has 0 saturated heterocycles. The molecule has 0 aliphatic heterocycles. The molecule has 0 radical (unpaired) electrons. The first kappa shape index (κ1) is 9.86. The van der Waals surface area contributed by atoms with Crippen LogP contribution in [0, 0.1) is 0 Å². The molecule has 0 aromatic carbocycles. The monoisotopic (exact) mass is 212 g/mol. The van der Waals surface area contributed by atoms with Gasteiger partial charge in [-0.3, -0.25) is 0 Å². The Morgan fingerprint density at radius 1 is 1.64 bits per heavy atom. The van der Waals surface area contributed by atoms with Gasteiger partial charge in [0.2, 0.25) is 5.13 Å². The van der Waals surface area contributed by atoms with Crippen molar-refractivity contribution in [1.82, 2.24) is 9.36 Å². The Labute approximate surface area is 88.3 Å². The number of anilines is 1. The lowest BCUT2D eigenvalue weighted by Gasteiger charge is -2.21. The second-order valence-corrected chi connectivity index (χ2v) is 4.64. The topological polar surface area (TPSA) is 55.0 Å². The second kappa shape index (κ2) is 3.82. The maximum Gasteiger partial charge on any atom is 0.205 e. The zero-order valence-electron chi connectivity index (χ0n) is 8.60. The van der Waals surface area contributed by atoms with E-state index in [1.807, 2.05) is 7.05 Å². The van der Waals surface area contributed by atoms with Gasteiger partial charge in [0.15, 0.2) is 0 Å². The molecule has 78 valence electrons. The van der Waals surface area contributed by atoms with Crippen molar-refractivity contribution in [2.75, 3.05) is 18.5 Å². The van der Waals surface area contributed by atoms with Crippen molar-refractivity contribution in [3.05, 3.63) is 5.82 Å². The molecular formula is C9H16N4S. The molecular weight excluding hydrogens is 196 g/mol. The Morgan fingerprint density at radius 3 is 2.93 bits per heavy atom. The number of nitrogens with two attached hydrogens (primary N) is 1. The van der Waals surface area contributed by atoms with E-state index in [1.54, 1.807) is 0 Å². The van der Waals surface area contributed by atoms with Crippen molar-refractivity contribution < 1.29 is 0 Å². The fourth-order valence-electron chi connectivity index (χ4n) is 1.22. The number of hydrogen-bond acceptors (Lipinski definition) is 5. The zero-order chi connectivity index (χ0) is 10.1. The fraction of sp³-hybridized carbons (Fsp3) is 0.778. The van der Waals surface area contributed by atoms with Crippen LogP contribution in [0.15, 0.2) is 0 Å². The van der Waals surface area contributed by atoms with Crippen LogP contribution < -0.4 is 10.6 Å². The molecule has 1 aromatic heterocycles. The van der Waals surface area contributed by atoms with E-state index in [9.17, 15) is 0 Å². The second-order valence-electron chi connectivity index (χ2n) is 3.91. The minimum absolute atomic E-state index is 0.329. The Balaban J connectivity index is 2.07. The number of likely N-dealkylation sites (N-methyl/N-ethyl adjacent to an activating group) is 1. The molecule has 0 spiro atoms. The van der Waals surface area contributed by atoms with Gasteiger partial charge in [-0.25, -0.2) is 4.98 Å². The molecule has 1 aliphatic carbocycles. The van der Waals surface area contributed by atoms with Crippen LogP contribution in [-0.2, 0) is 0 Å². The molecule has 5 heteroatoms. The van der Waals surface area contributed by atoms with Crippen molar-refractivity contribution in [3.8, 4) is 0 Å². The summed E-state index contributed by atoms with van der Waals surface area (Å²) in [6, 6.07) is 0.329. The van der Waals surface area contributed by atoms with Gasteiger partial charge < -0.3 is 10.6 Å². The van der Waals surface area contributed by atoms with Gasteiger partial charge in [0.25, 0.3) is 0 Å². The first-order chi connectivity index (χ1) is 6.72. The summed E-state index contributed by atoms with van der Waals surface area (Å²) in [6.07, 6.45) is 2.51. The third kappa shape index (κ3) is 1.88. The lowest BCUT2D eigenvalue weighted by molar-refractivity contribution is 0.692. The molecule has 1 atom stereocenters. The molecule has 0 amide bonds. The van der Waals surface area contributed by atoms with Crippen LogP contribution in [-0.4, -0.2) is 29.0 Å². The number of aromatic nitrogens is 2. The molecule has 14 heavy (non-hydrogen) atoms. The molecule has 1 aliphatic rings. The maximum absolute atomic E-state index is 5.60. The third-order valence-corrected chi connectivity index (χ3v) is 3.50. The number of nitrogens with zero attached hydrogens (tertiary/aromatic N) is 3. The first-order valence-corrected chi connectivity index (χ1v) is 5.76. The highest BCUT2D eigenvalue weighted by molar-refractivity contribution is 7.09. The van der Waals surface area contributed by atoms with Crippen LogP contribution in [0.1, 0.15) is 31.5 Å². The summed E-state index contributed by atoms with van der Waals surface area (Å²) in [6.45, 7) is 2.74. The molecule has 1 saturated carbocycles. The van der Waals surface area contributed by atoms with E-state index >= 15 is 0 Å². The van der Waals surface area contributed by atoms with Gasteiger partial charge in [-0.1, -0.05) is 0 Å². The van der Waals surface area contributed by atoms with Crippen molar-refractivity contribution in [1.29, 1.82) is 0 Å². The summed E-state index contributed by atoms with van der Waals surface area (Å²) in [5.41, 5.74) is 5.60. The molecule has 1 heterocycles. The van der Waals surface area contributed by atoms with Crippen LogP contribution in [0.2, 0.25) is 0 Å². The van der Waals surface area contributed by atoms with Crippen LogP contribution in [0.4, 0.5) is 5.13 Å². The number of rotatable bonds is 4. The predicted molar refractivity (Wildman–Crippen MR) is 58.8 cm³/mol. The van der Waals surface area contributed by atoms with Gasteiger partial charge in [0.05, 0.1) is 0 Å². The van der Waals surface area contributed by atoms with Gasteiger partial charge in [-0.05, 0) is 19.8 Å². The normalized spacial score (nSPS) is 18.2. The molecule has 1 unspecified atom stereocenters. The molecule has 0 bridgehead atoms. The van der Waals surface area contributed by atoms with E-state index < -0.39 is 0 Å². The van der Waals surface area contributed by atoms with E-state index in [-0.39, 0.29) is 0 Å². The fourth-order valence-corrected chi connectivity index (χ4v) is 2.03. The molecule has 2 N–H and O–H groups in total. The van der Waals surface area contributed by atoms with Crippen molar-refractivity contribution in [3.63, 3.8) is 0 Å². The predicted octanol–water partition coefficient (Wildman–Crippen LogP) is 1.20. The van der Waals surface area contributed by atoms with Crippen LogP contribution in [0.5, 0.6) is 0 Å². The van der Waals surface area contributed by atoms with E-state index in [0.29, 0.717) is 18.5 Å². The average Bonchev–Trinajstić information content (AvgIpc) is 2.94. The average molecular weight is 212 g/mol. The molecule has 1 fully saturated rings. The third-order valence-electron chi connectivity index (χ3n) is 2.68. The highest BCUT2D eigenvalue weighted by Crippen LogP contribution is 2.39. The lowest BCUT2D eigenvalue weighted by atomic mass is 10.3. The molecule has 1 aromatic rings. The Hall–Kier alpha value is -0.680. The lowest BCUT2D eigenvalue weighted by Crippen LogP contribution is -2.35. The van der Waals surface area contributed by atoms with E-state index in [2.05, 4.69) is 21.2 Å². The molecule has 4 nitrogen and oxygen atoms in total. The van der Waals surface area contributed by atoms with Crippen molar-refractivity contribution in [2.45, 2.75) is 31.7 Å². The molecule has 2 rings (SSSR count). The van der Waals surface area contributed by atoms with Crippen molar-refractivity contribution in [2.24, 2.45) is 5.73 Å². The summed E-state index contributed by atoms with van der Waals surface area (Å²) >= 11 is 1.48. The highest BCUT2D eigenvalue weighted by atomic mass is 32.1. The van der Waals surface area contributed by atoms with Crippen LogP contribution in [0.3, 0.4) is 0 Å². The summed E-state index contributed by atoms with van der Waals surface area (Å²) in [5.74, 6) is 1.67. The summed E-state index contributed by atoms with van der Waals surface area (Å²) < 4.78 is 4.36. The van der Waals surface area contributed by atoms with E-state index in [4.69, 9.17) is 5.73 Å². The Bertz CT molecular complexity index is 308. The zero-order valence-corrected chi connectivity index (χ0v) is 9.42. The number of hydrogen-bond donors (Lipinski definition) is 1. The first-order valence-electron chi connectivity index (χ1n) is 4.99. The van der Waals surface area contributed by atoms with E-state index in [0.717, 1.165) is 11.0 Å². The SMILES string of the molecule is CC(CN)N(C)c1nc(C2CC2)ns1. The Kier molecular flexibility index (Phi) is 2.69. The highest BCUT2D eigenvalue weighted by Gasteiger charge is 2.28. The quantitative estimate of drug-likeness (QED) is 0.814. The van der Waals surface area contributed by atoms with Crippen LogP contribution >= 0.6 is 11.5 Å². The van der Waals surface area contributed by atoms with Gasteiger partial charge in [0, 0.05) is 37.1 Å². The summed E-state index contributed by atoms with van der Waals surface area (Å²) in [7, 11) is 2.02.